The van der Waals surface area contributed by atoms with Gasteiger partial charge in [0.2, 0.25) is 0 Å². The first-order valence-corrected chi connectivity index (χ1v) is 7.55. The van der Waals surface area contributed by atoms with E-state index < -0.39 is 5.97 Å². The normalized spacial score (nSPS) is 16.1. The molecule has 1 aliphatic heterocycles. The number of thiazole rings is 1. The van der Waals surface area contributed by atoms with Crippen molar-refractivity contribution in [1.82, 2.24) is 9.88 Å². The van der Waals surface area contributed by atoms with Crippen molar-refractivity contribution < 1.29 is 19.4 Å². The van der Waals surface area contributed by atoms with E-state index in [0.29, 0.717) is 30.9 Å². The summed E-state index contributed by atoms with van der Waals surface area (Å²) in [5.41, 5.74) is 1.51. The fraction of sp³-hybridized carbons (Fsp3) is 0.583. The highest BCUT2D eigenvalue weighted by atomic mass is 35.5. The van der Waals surface area contributed by atoms with Crippen LogP contribution < -0.4 is 0 Å². The summed E-state index contributed by atoms with van der Waals surface area (Å²) in [6, 6.07) is -0.00577. The Morgan fingerprint density at radius 2 is 2.20 bits per heavy atom. The van der Waals surface area contributed by atoms with Gasteiger partial charge in [0, 0.05) is 25.8 Å². The molecule has 1 N–H and O–H groups in total. The molecule has 8 heteroatoms. The average Bonchev–Trinajstić information content (AvgIpc) is 2.86. The van der Waals surface area contributed by atoms with Gasteiger partial charge in [-0.25, -0.2) is 4.98 Å². The maximum absolute atomic E-state index is 12.5. The third-order valence-electron chi connectivity index (χ3n) is 3.18. The second kappa shape index (κ2) is 7.01. The van der Waals surface area contributed by atoms with Crippen LogP contribution in [0.1, 0.15) is 28.9 Å². The highest BCUT2D eigenvalue weighted by Crippen LogP contribution is 2.24. The van der Waals surface area contributed by atoms with E-state index in [1.54, 1.807) is 4.90 Å². The van der Waals surface area contributed by atoms with Crippen molar-refractivity contribution in [2.75, 3.05) is 19.8 Å². The molecular weight excluding hydrogens is 304 g/mol. The summed E-state index contributed by atoms with van der Waals surface area (Å²) in [4.78, 5) is 29.1. The monoisotopic (exact) mass is 318 g/mol. The van der Waals surface area contributed by atoms with E-state index in [4.69, 9.17) is 21.4 Å². The Balaban J connectivity index is 2.14. The molecular formula is C12H15ClN2O4S. The Hall–Kier alpha value is -1.18. The minimum Gasteiger partial charge on any atom is -0.481 e. The van der Waals surface area contributed by atoms with Crippen LogP contribution in [0.5, 0.6) is 0 Å². The summed E-state index contributed by atoms with van der Waals surface area (Å²) in [7, 11) is 0. The lowest BCUT2D eigenvalue weighted by atomic mass is 10.1. The SMILES string of the molecule is O=C(O)CCN(C(=O)c1scnc1Cl)C1CCOCC1. The predicted octanol–water partition coefficient (Wildman–Crippen LogP) is 1.89. The average molecular weight is 319 g/mol. The first-order valence-electron chi connectivity index (χ1n) is 6.29. The molecule has 20 heavy (non-hydrogen) atoms. The number of carboxylic acids is 1. The van der Waals surface area contributed by atoms with Crippen LogP contribution in [0.15, 0.2) is 5.51 Å². The van der Waals surface area contributed by atoms with Gasteiger partial charge in [-0.15, -0.1) is 11.3 Å². The van der Waals surface area contributed by atoms with Gasteiger partial charge in [-0.2, -0.15) is 0 Å². The van der Waals surface area contributed by atoms with E-state index in [1.165, 1.54) is 16.8 Å². The van der Waals surface area contributed by atoms with Crippen LogP contribution in [0.3, 0.4) is 0 Å². The number of hydrogen-bond donors (Lipinski definition) is 1. The van der Waals surface area contributed by atoms with Crippen LogP contribution in [-0.4, -0.2) is 52.7 Å². The van der Waals surface area contributed by atoms with Crippen molar-refractivity contribution in [2.24, 2.45) is 0 Å². The molecule has 1 aromatic rings. The number of halogens is 1. The van der Waals surface area contributed by atoms with Crippen molar-refractivity contribution in [3.8, 4) is 0 Å². The maximum atomic E-state index is 12.5. The van der Waals surface area contributed by atoms with E-state index in [1.807, 2.05) is 0 Å². The van der Waals surface area contributed by atoms with Crippen LogP contribution in [-0.2, 0) is 9.53 Å². The second-order valence-corrected chi connectivity index (χ2v) is 5.67. The summed E-state index contributed by atoms with van der Waals surface area (Å²) in [5, 5.41) is 9.00. The number of hydrogen-bond acceptors (Lipinski definition) is 5. The summed E-state index contributed by atoms with van der Waals surface area (Å²) in [6.45, 7) is 1.34. The fourth-order valence-corrected chi connectivity index (χ4v) is 3.12. The van der Waals surface area contributed by atoms with E-state index in [2.05, 4.69) is 4.98 Å². The highest BCUT2D eigenvalue weighted by molar-refractivity contribution is 7.12. The molecule has 0 aromatic carbocycles. The number of aliphatic carboxylic acids is 1. The van der Waals surface area contributed by atoms with Gasteiger partial charge in [0.15, 0.2) is 5.15 Å². The largest absolute Gasteiger partial charge is 0.481 e. The fourth-order valence-electron chi connectivity index (χ4n) is 2.16. The Kier molecular flexibility index (Phi) is 5.33. The van der Waals surface area contributed by atoms with Crippen LogP contribution in [0.2, 0.25) is 5.15 Å². The van der Waals surface area contributed by atoms with Gasteiger partial charge < -0.3 is 14.7 Å². The minimum atomic E-state index is -0.926. The van der Waals surface area contributed by atoms with E-state index in [-0.39, 0.29) is 30.1 Å². The van der Waals surface area contributed by atoms with E-state index in [9.17, 15) is 9.59 Å². The zero-order valence-corrected chi connectivity index (χ0v) is 12.3. The zero-order chi connectivity index (χ0) is 14.5. The quantitative estimate of drug-likeness (QED) is 0.896. The first-order chi connectivity index (χ1) is 9.59. The number of aromatic nitrogens is 1. The maximum Gasteiger partial charge on any atom is 0.305 e. The van der Waals surface area contributed by atoms with Crippen LogP contribution in [0.4, 0.5) is 0 Å². The molecule has 1 amide bonds. The number of rotatable bonds is 5. The first kappa shape index (κ1) is 15.2. The molecule has 1 fully saturated rings. The summed E-state index contributed by atoms with van der Waals surface area (Å²) in [6.07, 6.45) is 1.34. The third-order valence-corrected chi connectivity index (χ3v) is 4.39. The number of carbonyl (C=O) groups is 2. The summed E-state index contributed by atoms with van der Waals surface area (Å²) < 4.78 is 5.28. The van der Waals surface area contributed by atoms with Gasteiger partial charge >= 0.3 is 5.97 Å². The molecule has 0 saturated carbocycles. The molecule has 2 rings (SSSR count). The minimum absolute atomic E-state index is 0.00577. The van der Waals surface area contributed by atoms with E-state index in [0.717, 1.165) is 0 Å². The standard InChI is InChI=1S/C12H15ClN2O4S/c13-11-10(20-7-14-11)12(18)15(4-1-9(16)17)8-2-5-19-6-3-8/h7-8H,1-6H2,(H,16,17). The Labute approximate surface area is 125 Å². The van der Waals surface area contributed by atoms with Crippen LogP contribution >= 0.6 is 22.9 Å². The van der Waals surface area contributed by atoms with Crippen molar-refractivity contribution >= 4 is 34.8 Å². The second-order valence-electron chi connectivity index (χ2n) is 4.46. The van der Waals surface area contributed by atoms with E-state index >= 15 is 0 Å². The molecule has 0 spiro atoms. The molecule has 2 heterocycles. The Morgan fingerprint density at radius 1 is 1.50 bits per heavy atom. The number of carboxylic acid groups (broad SMARTS) is 1. The number of ether oxygens (including phenoxy) is 1. The molecule has 6 nitrogen and oxygen atoms in total. The smallest absolute Gasteiger partial charge is 0.305 e. The van der Waals surface area contributed by atoms with Gasteiger partial charge in [0.1, 0.15) is 4.88 Å². The molecule has 0 aliphatic carbocycles. The van der Waals surface area contributed by atoms with Crippen molar-refractivity contribution in [1.29, 1.82) is 0 Å². The summed E-state index contributed by atoms with van der Waals surface area (Å²) >= 11 is 7.06. The summed E-state index contributed by atoms with van der Waals surface area (Å²) in [5.74, 6) is -1.17. The number of carbonyl (C=O) groups excluding carboxylic acids is 1. The lowest BCUT2D eigenvalue weighted by Crippen LogP contribution is -2.44. The molecule has 0 unspecified atom stereocenters. The van der Waals surface area contributed by atoms with Gasteiger partial charge in [0.25, 0.3) is 5.91 Å². The van der Waals surface area contributed by atoms with Gasteiger partial charge in [-0.05, 0) is 12.8 Å². The van der Waals surface area contributed by atoms with Crippen molar-refractivity contribution in [3.05, 3.63) is 15.5 Å². The van der Waals surface area contributed by atoms with Gasteiger partial charge in [-0.3, -0.25) is 9.59 Å². The number of nitrogens with zero attached hydrogens (tertiary/aromatic N) is 2. The van der Waals surface area contributed by atoms with Crippen LogP contribution in [0, 0.1) is 0 Å². The Bertz CT molecular complexity index is 488. The molecule has 0 bridgehead atoms. The van der Waals surface area contributed by atoms with Gasteiger partial charge in [0.05, 0.1) is 11.9 Å². The molecule has 0 atom stereocenters. The molecule has 1 aliphatic rings. The molecule has 110 valence electrons. The molecule has 1 aromatic heterocycles. The zero-order valence-electron chi connectivity index (χ0n) is 10.7. The topological polar surface area (TPSA) is 79.7 Å². The lowest BCUT2D eigenvalue weighted by Gasteiger charge is -2.33. The van der Waals surface area contributed by atoms with Crippen LogP contribution in [0.25, 0.3) is 0 Å². The Morgan fingerprint density at radius 3 is 2.75 bits per heavy atom. The number of amides is 1. The third kappa shape index (κ3) is 3.68. The van der Waals surface area contributed by atoms with Crippen molar-refractivity contribution in [2.45, 2.75) is 25.3 Å². The molecule has 1 saturated heterocycles. The van der Waals surface area contributed by atoms with Gasteiger partial charge in [-0.1, -0.05) is 11.6 Å². The highest BCUT2D eigenvalue weighted by Gasteiger charge is 2.29. The van der Waals surface area contributed by atoms with Crippen molar-refractivity contribution in [3.63, 3.8) is 0 Å². The lowest BCUT2D eigenvalue weighted by molar-refractivity contribution is -0.137. The predicted molar refractivity (Wildman–Crippen MR) is 74.3 cm³/mol. The molecule has 0 radical (unpaired) electrons.